The summed E-state index contributed by atoms with van der Waals surface area (Å²) >= 11 is 12.1. The third-order valence-corrected chi connectivity index (χ3v) is 8.25. The van der Waals surface area contributed by atoms with Crippen molar-refractivity contribution in [1.82, 2.24) is 15.1 Å². The summed E-state index contributed by atoms with van der Waals surface area (Å²) in [6, 6.07) is 14.6. The molecule has 196 valence electrons. The van der Waals surface area contributed by atoms with Crippen molar-refractivity contribution in [2.45, 2.75) is 37.3 Å². The molecule has 2 aromatic rings. The number of ether oxygens (including phenoxy) is 1. The lowest BCUT2D eigenvalue weighted by molar-refractivity contribution is -0.137. The van der Waals surface area contributed by atoms with Gasteiger partial charge in [-0.2, -0.15) is 0 Å². The summed E-state index contributed by atoms with van der Waals surface area (Å²) in [4.78, 5) is 45.1. The summed E-state index contributed by atoms with van der Waals surface area (Å²) < 4.78 is 5.58. The van der Waals surface area contributed by atoms with E-state index in [2.05, 4.69) is 10.2 Å². The number of carbonyl (C=O) groups excluding carboxylic acids is 3. The van der Waals surface area contributed by atoms with Gasteiger partial charge in [0.25, 0.3) is 11.8 Å². The molecule has 0 aromatic heterocycles. The van der Waals surface area contributed by atoms with Crippen LogP contribution in [-0.4, -0.2) is 78.6 Å². The van der Waals surface area contributed by atoms with Crippen molar-refractivity contribution < 1.29 is 19.1 Å². The Morgan fingerprint density at radius 3 is 2.49 bits per heavy atom. The van der Waals surface area contributed by atoms with E-state index in [4.69, 9.17) is 27.9 Å². The molecule has 2 aromatic carbocycles. The molecule has 3 amide bonds. The number of amides is 3. The Hall–Kier alpha value is -2.81. The summed E-state index contributed by atoms with van der Waals surface area (Å²) in [5.74, 6) is -0.415. The van der Waals surface area contributed by atoms with E-state index in [0.717, 1.165) is 25.1 Å². The van der Waals surface area contributed by atoms with Crippen molar-refractivity contribution in [1.29, 1.82) is 0 Å². The second-order valence-corrected chi connectivity index (χ2v) is 10.6. The van der Waals surface area contributed by atoms with Crippen LogP contribution >= 0.6 is 23.2 Å². The molecular formula is C27H30Cl2N4O4. The minimum Gasteiger partial charge on any atom is -0.376 e. The number of piperidine rings is 1. The topological polar surface area (TPSA) is 82.2 Å². The summed E-state index contributed by atoms with van der Waals surface area (Å²) in [5, 5.41) is 3.64. The van der Waals surface area contributed by atoms with E-state index in [-0.39, 0.29) is 30.4 Å². The van der Waals surface area contributed by atoms with Gasteiger partial charge in [0.05, 0.1) is 22.8 Å². The summed E-state index contributed by atoms with van der Waals surface area (Å²) in [7, 11) is 0. The second-order valence-electron chi connectivity index (χ2n) is 9.80. The number of carbonyl (C=O) groups is 3. The van der Waals surface area contributed by atoms with Crippen molar-refractivity contribution in [2.24, 2.45) is 0 Å². The van der Waals surface area contributed by atoms with E-state index < -0.39 is 5.54 Å². The molecule has 0 aliphatic carbocycles. The molecule has 1 atom stereocenters. The highest BCUT2D eigenvalue weighted by Gasteiger charge is 2.54. The summed E-state index contributed by atoms with van der Waals surface area (Å²) in [6.45, 7) is 2.31. The fraction of sp³-hybridized carbons (Fsp3) is 0.444. The zero-order valence-electron chi connectivity index (χ0n) is 20.5. The van der Waals surface area contributed by atoms with Gasteiger partial charge in [-0.05, 0) is 56.0 Å². The molecule has 3 saturated heterocycles. The van der Waals surface area contributed by atoms with Gasteiger partial charge in [-0.25, -0.2) is 0 Å². The molecule has 5 rings (SSSR count). The Labute approximate surface area is 226 Å². The minimum absolute atomic E-state index is 0.0114. The third kappa shape index (κ3) is 5.28. The van der Waals surface area contributed by atoms with Crippen LogP contribution in [0, 0.1) is 0 Å². The van der Waals surface area contributed by atoms with Gasteiger partial charge in [0.2, 0.25) is 5.91 Å². The van der Waals surface area contributed by atoms with Crippen LogP contribution in [0.2, 0.25) is 10.0 Å². The first-order valence-electron chi connectivity index (χ1n) is 12.6. The van der Waals surface area contributed by atoms with Crippen LogP contribution in [0.3, 0.4) is 0 Å². The van der Waals surface area contributed by atoms with Crippen LogP contribution in [0.25, 0.3) is 0 Å². The number of hydrogen-bond acceptors (Lipinski definition) is 5. The van der Waals surface area contributed by atoms with Gasteiger partial charge in [0, 0.05) is 37.5 Å². The standard InChI is InChI=1S/C27H30Cl2N4O4/c28-22-9-8-19(15-23(22)29)25(35)31-12-10-27(11-13-31)26(36)32(18-33(27)20-5-2-1-3-6-20)17-24(34)30-16-21-7-4-14-37-21/h1-3,5-6,8-9,15,21H,4,7,10-14,16-18H2,(H,30,34). The molecular weight excluding hydrogens is 515 g/mol. The van der Waals surface area contributed by atoms with Gasteiger partial charge in [0.15, 0.2) is 0 Å². The van der Waals surface area contributed by atoms with Gasteiger partial charge in [0.1, 0.15) is 12.1 Å². The highest BCUT2D eigenvalue weighted by molar-refractivity contribution is 6.42. The number of para-hydroxylation sites is 1. The van der Waals surface area contributed by atoms with E-state index in [0.29, 0.717) is 54.8 Å². The van der Waals surface area contributed by atoms with Gasteiger partial charge >= 0.3 is 0 Å². The maximum atomic E-state index is 13.8. The van der Waals surface area contributed by atoms with Gasteiger partial charge < -0.3 is 24.8 Å². The molecule has 1 unspecified atom stereocenters. The van der Waals surface area contributed by atoms with E-state index in [1.165, 1.54) is 0 Å². The number of rotatable bonds is 6. The van der Waals surface area contributed by atoms with Crippen molar-refractivity contribution in [2.75, 3.05) is 44.4 Å². The lowest BCUT2D eigenvalue weighted by Crippen LogP contribution is -2.57. The number of hydrogen-bond donors (Lipinski definition) is 1. The normalized spacial score (nSPS) is 21.1. The molecule has 0 saturated carbocycles. The van der Waals surface area contributed by atoms with Crippen LogP contribution in [0.4, 0.5) is 5.69 Å². The lowest BCUT2D eigenvalue weighted by atomic mass is 9.85. The highest BCUT2D eigenvalue weighted by Crippen LogP contribution is 2.39. The predicted octanol–water partition coefficient (Wildman–Crippen LogP) is 3.57. The lowest BCUT2D eigenvalue weighted by Gasteiger charge is -2.43. The van der Waals surface area contributed by atoms with E-state index in [9.17, 15) is 14.4 Å². The van der Waals surface area contributed by atoms with Crippen LogP contribution in [0.1, 0.15) is 36.0 Å². The van der Waals surface area contributed by atoms with E-state index in [1.54, 1.807) is 28.0 Å². The molecule has 8 nitrogen and oxygen atoms in total. The van der Waals surface area contributed by atoms with Crippen molar-refractivity contribution in [3.8, 4) is 0 Å². The predicted molar refractivity (Wildman–Crippen MR) is 142 cm³/mol. The quantitative estimate of drug-likeness (QED) is 0.601. The molecule has 37 heavy (non-hydrogen) atoms. The smallest absolute Gasteiger partial charge is 0.253 e. The Morgan fingerprint density at radius 2 is 1.81 bits per heavy atom. The molecule has 1 spiro atoms. The maximum Gasteiger partial charge on any atom is 0.253 e. The largest absolute Gasteiger partial charge is 0.376 e. The first kappa shape index (κ1) is 25.8. The van der Waals surface area contributed by atoms with Crippen LogP contribution in [0.15, 0.2) is 48.5 Å². The van der Waals surface area contributed by atoms with Gasteiger partial charge in [-0.3, -0.25) is 14.4 Å². The average molecular weight is 545 g/mol. The number of benzene rings is 2. The first-order chi connectivity index (χ1) is 17.9. The molecule has 0 radical (unpaired) electrons. The Morgan fingerprint density at radius 1 is 1.05 bits per heavy atom. The average Bonchev–Trinajstić information content (AvgIpc) is 3.53. The van der Waals surface area contributed by atoms with E-state index in [1.807, 2.05) is 30.3 Å². The Kier molecular flexibility index (Phi) is 7.60. The Bertz CT molecular complexity index is 1160. The Balaban J connectivity index is 1.30. The molecule has 3 heterocycles. The van der Waals surface area contributed by atoms with Crippen LogP contribution in [0.5, 0.6) is 0 Å². The number of nitrogens with zero attached hydrogens (tertiary/aromatic N) is 3. The van der Waals surface area contributed by atoms with Crippen LogP contribution in [-0.2, 0) is 14.3 Å². The van der Waals surface area contributed by atoms with Crippen molar-refractivity contribution >= 4 is 46.6 Å². The third-order valence-electron chi connectivity index (χ3n) is 7.51. The summed E-state index contributed by atoms with van der Waals surface area (Å²) in [6.07, 6.45) is 2.90. The maximum absolute atomic E-state index is 13.8. The molecule has 3 aliphatic heterocycles. The zero-order chi connectivity index (χ0) is 26.0. The molecule has 10 heteroatoms. The van der Waals surface area contributed by atoms with Gasteiger partial charge in [-0.15, -0.1) is 0 Å². The second kappa shape index (κ2) is 10.9. The molecule has 3 aliphatic rings. The number of anilines is 1. The highest BCUT2D eigenvalue weighted by atomic mass is 35.5. The molecule has 0 bridgehead atoms. The van der Waals surface area contributed by atoms with Crippen molar-refractivity contribution in [3.63, 3.8) is 0 Å². The number of nitrogens with one attached hydrogen (secondary N) is 1. The molecule has 1 N–H and O–H groups in total. The first-order valence-corrected chi connectivity index (χ1v) is 13.4. The fourth-order valence-electron chi connectivity index (χ4n) is 5.48. The van der Waals surface area contributed by atoms with Crippen LogP contribution < -0.4 is 10.2 Å². The minimum atomic E-state index is -0.815. The SMILES string of the molecule is O=C(CN1CN(c2ccccc2)C2(CCN(C(=O)c3ccc(Cl)c(Cl)c3)CC2)C1=O)NCC1CCCO1. The zero-order valence-corrected chi connectivity index (χ0v) is 22.0. The summed E-state index contributed by atoms with van der Waals surface area (Å²) in [5.41, 5.74) is 0.569. The van der Waals surface area contributed by atoms with Crippen molar-refractivity contribution in [3.05, 3.63) is 64.1 Å². The number of likely N-dealkylation sites (tertiary alicyclic amines) is 1. The molecule has 3 fully saturated rings. The fourth-order valence-corrected chi connectivity index (χ4v) is 5.77. The monoisotopic (exact) mass is 544 g/mol. The number of halogens is 2. The van der Waals surface area contributed by atoms with Gasteiger partial charge in [-0.1, -0.05) is 41.4 Å². The van der Waals surface area contributed by atoms with E-state index >= 15 is 0 Å².